The number of carboxylic acid groups (broad SMARTS) is 1. The maximum atomic E-state index is 10.6. The van der Waals surface area contributed by atoms with E-state index in [1.165, 1.54) is 6.20 Å². The number of rotatable bonds is 3. The van der Waals surface area contributed by atoms with Crippen LogP contribution in [0.3, 0.4) is 0 Å². The summed E-state index contributed by atoms with van der Waals surface area (Å²) < 4.78 is 1.56. The van der Waals surface area contributed by atoms with Gasteiger partial charge in [0, 0.05) is 5.56 Å². The zero-order valence-corrected chi connectivity index (χ0v) is 9.42. The normalized spacial score (nSPS) is 10.4. The zero-order valence-electron chi connectivity index (χ0n) is 9.42. The minimum absolute atomic E-state index is 0.113. The lowest BCUT2D eigenvalue weighted by Crippen LogP contribution is -2.06. The van der Waals surface area contributed by atoms with E-state index in [1.54, 1.807) is 4.68 Å². The smallest absolute Gasteiger partial charge is 0.308 e. The number of hydrogen-bond acceptors (Lipinski definition) is 3. The van der Waals surface area contributed by atoms with Crippen LogP contribution in [0.5, 0.6) is 0 Å². The van der Waals surface area contributed by atoms with Gasteiger partial charge in [0.2, 0.25) is 0 Å². The molecule has 5 nitrogen and oxygen atoms in total. The summed E-state index contributed by atoms with van der Waals surface area (Å²) in [7, 11) is 0. The highest BCUT2D eigenvalue weighted by molar-refractivity contribution is 5.72. The SMILES string of the molecule is Cc1ccccc1-n1ncc(CC(=O)O)c1N. The lowest BCUT2D eigenvalue weighted by molar-refractivity contribution is -0.136. The van der Waals surface area contributed by atoms with E-state index < -0.39 is 5.97 Å². The molecule has 0 bridgehead atoms. The van der Waals surface area contributed by atoms with Crippen LogP contribution in [0, 0.1) is 6.92 Å². The van der Waals surface area contributed by atoms with Gasteiger partial charge in [-0.05, 0) is 18.6 Å². The minimum atomic E-state index is -0.916. The first-order valence-corrected chi connectivity index (χ1v) is 5.19. The molecule has 0 spiro atoms. The van der Waals surface area contributed by atoms with Crippen LogP contribution < -0.4 is 5.73 Å². The summed E-state index contributed by atoms with van der Waals surface area (Å²) in [4.78, 5) is 10.6. The van der Waals surface area contributed by atoms with Crippen LogP contribution in [0.1, 0.15) is 11.1 Å². The molecule has 1 heterocycles. The van der Waals surface area contributed by atoms with Gasteiger partial charge in [0.25, 0.3) is 0 Å². The molecule has 0 amide bonds. The van der Waals surface area contributed by atoms with Gasteiger partial charge in [0.1, 0.15) is 5.82 Å². The van der Waals surface area contributed by atoms with E-state index in [0.29, 0.717) is 11.4 Å². The molecule has 0 radical (unpaired) electrons. The third-order valence-electron chi connectivity index (χ3n) is 2.57. The number of nitrogens with two attached hydrogens (primary N) is 1. The number of aliphatic carboxylic acids is 1. The van der Waals surface area contributed by atoms with E-state index in [9.17, 15) is 4.79 Å². The van der Waals surface area contributed by atoms with Crippen LogP contribution in [0.4, 0.5) is 5.82 Å². The number of carbonyl (C=O) groups is 1. The second kappa shape index (κ2) is 4.29. The molecule has 1 aromatic heterocycles. The lowest BCUT2D eigenvalue weighted by Gasteiger charge is -2.07. The summed E-state index contributed by atoms with van der Waals surface area (Å²) >= 11 is 0. The van der Waals surface area contributed by atoms with Gasteiger partial charge in [0.15, 0.2) is 0 Å². The Morgan fingerprint density at radius 2 is 2.18 bits per heavy atom. The summed E-state index contributed by atoms with van der Waals surface area (Å²) in [6.45, 7) is 1.95. The van der Waals surface area contributed by atoms with Crippen LogP contribution in [0.25, 0.3) is 5.69 Å². The summed E-state index contributed by atoms with van der Waals surface area (Å²) in [5, 5.41) is 12.9. The van der Waals surface area contributed by atoms with Gasteiger partial charge in [0.05, 0.1) is 18.3 Å². The highest BCUT2D eigenvalue weighted by Gasteiger charge is 2.12. The number of aryl methyl sites for hydroxylation is 1. The van der Waals surface area contributed by atoms with E-state index in [4.69, 9.17) is 10.8 Å². The van der Waals surface area contributed by atoms with Crippen molar-refractivity contribution in [1.29, 1.82) is 0 Å². The van der Waals surface area contributed by atoms with Gasteiger partial charge >= 0.3 is 5.97 Å². The van der Waals surface area contributed by atoms with Gasteiger partial charge in [-0.25, -0.2) is 4.68 Å². The molecule has 0 fully saturated rings. The summed E-state index contributed by atoms with van der Waals surface area (Å²) in [5.41, 5.74) is 8.31. The van der Waals surface area contributed by atoms with Gasteiger partial charge in [-0.1, -0.05) is 18.2 Å². The fraction of sp³-hybridized carbons (Fsp3) is 0.167. The molecule has 0 aliphatic heterocycles. The number of carboxylic acids is 1. The van der Waals surface area contributed by atoms with Crippen LogP contribution in [0.2, 0.25) is 0 Å². The number of nitrogen functional groups attached to an aromatic ring is 1. The Hall–Kier alpha value is -2.30. The third kappa shape index (κ3) is 2.13. The lowest BCUT2D eigenvalue weighted by atomic mass is 10.2. The maximum absolute atomic E-state index is 10.6. The molecular formula is C12H13N3O2. The molecule has 1 aromatic carbocycles. The molecule has 88 valence electrons. The summed E-state index contributed by atoms with van der Waals surface area (Å²) in [5.74, 6) is -0.539. The Morgan fingerprint density at radius 1 is 1.47 bits per heavy atom. The van der Waals surface area contributed by atoms with E-state index >= 15 is 0 Å². The van der Waals surface area contributed by atoms with E-state index in [-0.39, 0.29) is 6.42 Å². The highest BCUT2D eigenvalue weighted by atomic mass is 16.4. The standard InChI is InChI=1S/C12H13N3O2/c1-8-4-2-3-5-10(8)15-12(13)9(7-14-15)6-11(16)17/h2-5,7H,6,13H2,1H3,(H,16,17). The largest absolute Gasteiger partial charge is 0.481 e. The highest BCUT2D eigenvalue weighted by Crippen LogP contribution is 2.19. The maximum Gasteiger partial charge on any atom is 0.308 e. The fourth-order valence-corrected chi connectivity index (χ4v) is 1.68. The van der Waals surface area contributed by atoms with E-state index in [2.05, 4.69) is 5.10 Å². The number of aromatic nitrogens is 2. The molecule has 0 saturated carbocycles. The monoisotopic (exact) mass is 231 g/mol. The van der Waals surface area contributed by atoms with E-state index in [1.807, 2.05) is 31.2 Å². The molecule has 0 atom stereocenters. The van der Waals surface area contributed by atoms with Crippen LogP contribution >= 0.6 is 0 Å². The average molecular weight is 231 g/mol. The second-order valence-corrected chi connectivity index (χ2v) is 3.82. The molecule has 17 heavy (non-hydrogen) atoms. The first-order chi connectivity index (χ1) is 8.09. The van der Waals surface area contributed by atoms with Crippen molar-refractivity contribution in [3.05, 3.63) is 41.6 Å². The number of benzene rings is 1. The second-order valence-electron chi connectivity index (χ2n) is 3.82. The Bertz CT molecular complexity index is 561. The van der Waals surface area contributed by atoms with Crippen LogP contribution in [-0.2, 0) is 11.2 Å². The van der Waals surface area contributed by atoms with E-state index in [0.717, 1.165) is 11.3 Å². The first kappa shape index (κ1) is 11.2. The molecule has 0 aliphatic carbocycles. The van der Waals surface area contributed by atoms with Gasteiger partial charge < -0.3 is 10.8 Å². The molecular weight excluding hydrogens is 218 g/mol. The van der Waals surface area contributed by atoms with Crippen LogP contribution in [-0.4, -0.2) is 20.9 Å². The van der Waals surface area contributed by atoms with Crippen molar-refractivity contribution in [2.75, 3.05) is 5.73 Å². The summed E-state index contributed by atoms with van der Waals surface area (Å²) in [6, 6.07) is 7.66. The quantitative estimate of drug-likeness (QED) is 0.836. The zero-order chi connectivity index (χ0) is 12.4. The molecule has 0 unspecified atom stereocenters. The molecule has 2 aromatic rings. The molecule has 0 saturated heterocycles. The number of anilines is 1. The number of hydrogen-bond donors (Lipinski definition) is 2. The molecule has 2 rings (SSSR count). The average Bonchev–Trinajstić information content (AvgIpc) is 2.61. The number of para-hydroxylation sites is 1. The van der Waals surface area contributed by atoms with Gasteiger partial charge in [-0.2, -0.15) is 5.10 Å². The number of nitrogens with zero attached hydrogens (tertiary/aromatic N) is 2. The Kier molecular flexibility index (Phi) is 2.82. The summed E-state index contributed by atoms with van der Waals surface area (Å²) in [6.07, 6.45) is 1.38. The third-order valence-corrected chi connectivity index (χ3v) is 2.57. The fourth-order valence-electron chi connectivity index (χ4n) is 1.68. The van der Waals surface area contributed by atoms with Crippen molar-refractivity contribution in [2.45, 2.75) is 13.3 Å². The topological polar surface area (TPSA) is 81.1 Å². The van der Waals surface area contributed by atoms with Crippen molar-refractivity contribution in [3.63, 3.8) is 0 Å². The van der Waals surface area contributed by atoms with Gasteiger partial charge in [-0.15, -0.1) is 0 Å². The Balaban J connectivity index is 2.44. The first-order valence-electron chi connectivity index (χ1n) is 5.19. The Labute approximate surface area is 98.5 Å². The minimum Gasteiger partial charge on any atom is -0.481 e. The van der Waals surface area contributed by atoms with Crippen molar-refractivity contribution >= 4 is 11.8 Å². The molecule has 0 aliphatic rings. The Morgan fingerprint density at radius 3 is 2.82 bits per heavy atom. The predicted octanol–water partition coefficient (Wildman–Crippen LogP) is 1.39. The van der Waals surface area contributed by atoms with Crippen molar-refractivity contribution < 1.29 is 9.90 Å². The molecule has 3 N–H and O–H groups in total. The molecule has 5 heteroatoms. The van der Waals surface area contributed by atoms with Crippen molar-refractivity contribution in [1.82, 2.24) is 9.78 Å². The van der Waals surface area contributed by atoms with Crippen molar-refractivity contribution in [2.24, 2.45) is 0 Å². The predicted molar refractivity (Wildman–Crippen MR) is 64.1 cm³/mol. The van der Waals surface area contributed by atoms with Gasteiger partial charge in [-0.3, -0.25) is 4.79 Å². The van der Waals surface area contributed by atoms with Crippen molar-refractivity contribution in [3.8, 4) is 5.69 Å². The van der Waals surface area contributed by atoms with Crippen LogP contribution in [0.15, 0.2) is 30.5 Å².